The van der Waals surface area contributed by atoms with E-state index in [0.717, 1.165) is 25.8 Å². The van der Waals surface area contributed by atoms with Crippen molar-refractivity contribution in [1.29, 1.82) is 0 Å². The highest BCUT2D eigenvalue weighted by molar-refractivity contribution is 6.17. The molecule has 15 heavy (non-hydrogen) atoms. The fraction of sp³-hybridized carbons (Fsp3) is 1.00. The molecule has 0 rings (SSSR count). The first-order chi connectivity index (χ1) is 6.95. The molecule has 0 saturated carbocycles. The third kappa shape index (κ3) is 12.0. The van der Waals surface area contributed by atoms with E-state index in [1.54, 1.807) is 0 Å². The molecule has 0 saturated heterocycles. The van der Waals surface area contributed by atoms with E-state index in [0.29, 0.717) is 12.4 Å². The van der Waals surface area contributed by atoms with Gasteiger partial charge in [-0.25, -0.2) is 0 Å². The summed E-state index contributed by atoms with van der Waals surface area (Å²) in [6, 6.07) is 0. The van der Waals surface area contributed by atoms with E-state index in [9.17, 15) is 13.2 Å². The molecule has 0 amide bonds. The largest absolute Gasteiger partial charge is 0.389 e. The lowest BCUT2D eigenvalue weighted by atomic mass is 10.2. The monoisotopic (exact) mass is 245 g/mol. The summed E-state index contributed by atoms with van der Waals surface area (Å²) in [4.78, 5) is 1.94. The van der Waals surface area contributed by atoms with Gasteiger partial charge in [-0.05, 0) is 39.4 Å². The molecule has 0 N–H and O–H groups in total. The molecule has 0 aromatic heterocycles. The number of unbranched alkanes of at least 4 members (excludes halogenated alkanes) is 2. The topological polar surface area (TPSA) is 3.24 Å². The molecule has 0 aliphatic carbocycles. The molecule has 0 spiro atoms. The Bertz CT molecular complexity index is 150. The summed E-state index contributed by atoms with van der Waals surface area (Å²) >= 11 is 5.51. The van der Waals surface area contributed by atoms with Gasteiger partial charge in [0.2, 0.25) is 0 Å². The molecule has 0 heterocycles. The third-order valence-electron chi connectivity index (χ3n) is 2.17. The van der Waals surface area contributed by atoms with Crippen molar-refractivity contribution in [2.45, 2.75) is 38.3 Å². The highest BCUT2D eigenvalue weighted by Gasteiger charge is 2.26. The van der Waals surface area contributed by atoms with Gasteiger partial charge in [-0.15, -0.1) is 11.6 Å². The number of hydrogen-bond acceptors (Lipinski definition) is 1. The second-order valence-electron chi connectivity index (χ2n) is 3.77. The Hall–Kier alpha value is 0.0400. The minimum absolute atomic E-state index is 0.190. The zero-order valence-corrected chi connectivity index (χ0v) is 9.87. The van der Waals surface area contributed by atoms with Gasteiger partial charge < -0.3 is 4.90 Å². The van der Waals surface area contributed by atoms with Gasteiger partial charge in [-0.3, -0.25) is 0 Å². The van der Waals surface area contributed by atoms with Crippen LogP contribution in [0, 0.1) is 0 Å². The van der Waals surface area contributed by atoms with Crippen LogP contribution in [0.25, 0.3) is 0 Å². The van der Waals surface area contributed by atoms with Crippen LogP contribution in [0.15, 0.2) is 0 Å². The molecule has 1 nitrogen and oxygen atoms in total. The Balaban J connectivity index is 3.29. The highest BCUT2D eigenvalue weighted by atomic mass is 35.5. The molecule has 0 aliphatic rings. The second kappa shape index (κ2) is 8.22. The number of halogens is 4. The Morgan fingerprint density at radius 2 is 1.60 bits per heavy atom. The van der Waals surface area contributed by atoms with Crippen LogP contribution < -0.4 is 0 Å². The van der Waals surface area contributed by atoms with E-state index < -0.39 is 12.6 Å². The number of alkyl halides is 4. The van der Waals surface area contributed by atoms with Crippen molar-refractivity contribution in [3.05, 3.63) is 0 Å². The summed E-state index contributed by atoms with van der Waals surface area (Å²) in [6.45, 7) is 1.37. The summed E-state index contributed by atoms with van der Waals surface area (Å²) in [5, 5.41) is 0. The van der Waals surface area contributed by atoms with E-state index in [1.165, 1.54) is 0 Å². The lowest BCUT2D eigenvalue weighted by Crippen LogP contribution is -2.22. The zero-order chi connectivity index (χ0) is 11.7. The molecule has 92 valence electrons. The average molecular weight is 246 g/mol. The van der Waals surface area contributed by atoms with Crippen molar-refractivity contribution in [2.24, 2.45) is 0 Å². The maximum Gasteiger partial charge on any atom is 0.389 e. The Morgan fingerprint density at radius 3 is 2.13 bits per heavy atom. The van der Waals surface area contributed by atoms with Crippen LogP contribution in [-0.2, 0) is 0 Å². The van der Waals surface area contributed by atoms with Crippen LogP contribution in [0.4, 0.5) is 13.2 Å². The Morgan fingerprint density at radius 1 is 1.00 bits per heavy atom. The van der Waals surface area contributed by atoms with E-state index in [-0.39, 0.29) is 6.42 Å². The molecular formula is C10H19ClF3N. The van der Waals surface area contributed by atoms with Gasteiger partial charge in [0, 0.05) is 12.3 Å². The average Bonchev–Trinajstić information content (AvgIpc) is 2.10. The van der Waals surface area contributed by atoms with E-state index in [2.05, 4.69) is 0 Å². The summed E-state index contributed by atoms with van der Waals surface area (Å²) in [7, 11) is 1.86. The fourth-order valence-corrected chi connectivity index (χ4v) is 1.50. The molecule has 0 bridgehead atoms. The first-order valence-corrected chi connectivity index (χ1v) is 5.80. The molecule has 5 heteroatoms. The molecule has 0 radical (unpaired) electrons. The number of nitrogens with zero attached hydrogens (tertiary/aromatic N) is 1. The van der Waals surface area contributed by atoms with Crippen molar-refractivity contribution in [3.63, 3.8) is 0 Å². The predicted molar refractivity (Wildman–Crippen MR) is 57.4 cm³/mol. The van der Waals surface area contributed by atoms with Crippen molar-refractivity contribution >= 4 is 11.6 Å². The van der Waals surface area contributed by atoms with Crippen LogP contribution in [-0.4, -0.2) is 37.1 Å². The first-order valence-electron chi connectivity index (χ1n) is 5.27. The first kappa shape index (κ1) is 15.0. The SMILES string of the molecule is CN(CCCCCCl)CCCC(F)(F)F. The van der Waals surface area contributed by atoms with Crippen LogP contribution in [0.5, 0.6) is 0 Å². The van der Waals surface area contributed by atoms with Gasteiger partial charge in [0.05, 0.1) is 0 Å². The summed E-state index contributed by atoms with van der Waals surface area (Å²) in [6.07, 6.45) is -1.46. The number of rotatable bonds is 8. The molecule has 0 unspecified atom stereocenters. The van der Waals surface area contributed by atoms with Crippen LogP contribution in [0.2, 0.25) is 0 Å². The highest BCUT2D eigenvalue weighted by Crippen LogP contribution is 2.21. The molecule has 0 aromatic rings. The van der Waals surface area contributed by atoms with E-state index >= 15 is 0 Å². The number of hydrogen-bond donors (Lipinski definition) is 0. The predicted octanol–water partition coefficient (Wildman–Crippen LogP) is 3.67. The molecule has 0 aromatic carbocycles. The summed E-state index contributed by atoms with van der Waals surface area (Å²) in [5.74, 6) is 0.664. The maximum absolute atomic E-state index is 11.8. The van der Waals surface area contributed by atoms with Crippen molar-refractivity contribution in [1.82, 2.24) is 4.90 Å². The van der Waals surface area contributed by atoms with Crippen molar-refractivity contribution in [3.8, 4) is 0 Å². The maximum atomic E-state index is 11.8. The van der Waals surface area contributed by atoms with Crippen molar-refractivity contribution in [2.75, 3.05) is 26.0 Å². The smallest absolute Gasteiger partial charge is 0.306 e. The molecule has 0 aliphatic heterocycles. The van der Waals surface area contributed by atoms with Gasteiger partial charge in [0.1, 0.15) is 0 Å². The minimum atomic E-state index is -4.01. The van der Waals surface area contributed by atoms with Crippen LogP contribution in [0.1, 0.15) is 32.1 Å². The van der Waals surface area contributed by atoms with Gasteiger partial charge in [-0.2, -0.15) is 13.2 Å². The summed E-state index contributed by atoms with van der Waals surface area (Å²) < 4.78 is 35.5. The molecular weight excluding hydrogens is 227 g/mol. The third-order valence-corrected chi connectivity index (χ3v) is 2.44. The van der Waals surface area contributed by atoms with Crippen molar-refractivity contribution < 1.29 is 13.2 Å². The van der Waals surface area contributed by atoms with E-state index in [4.69, 9.17) is 11.6 Å². The van der Waals surface area contributed by atoms with Gasteiger partial charge >= 0.3 is 6.18 Å². The van der Waals surface area contributed by atoms with Crippen LogP contribution in [0.3, 0.4) is 0 Å². The van der Waals surface area contributed by atoms with Gasteiger partial charge in [0.25, 0.3) is 0 Å². The summed E-state index contributed by atoms with van der Waals surface area (Å²) in [5.41, 5.74) is 0. The lowest BCUT2D eigenvalue weighted by Gasteiger charge is -2.16. The molecule has 0 atom stereocenters. The minimum Gasteiger partial charge on any atom is -0.306 e. The Kier molecular flexibility index (Phi) is 8.24. The van der Waals surface area contributed by atoms with Gasteiger partial charge in [0.15, 0.2) is 0 Å². The molecule has 0 fully saturated rings. The standard InChI is InChI=1S/C10H19ClF3N/c1-15(8-4-2-3-7-11)9-5-6-10(12,13)14/h2-9H2,1H3. The van der Waals surface area contributed by atoms with Gasteiger partial charge in [-0.1, -0.05) is 6.42 Å². The van der Waals surface area contributed by atoms with E-state index in [1.807, 2.05) is 11.9 Å². The Labute approximate surface area is 94.6 Å². The zero-order valence-electron chi connectivity index (χ0n) is 9.12. The van der Waals surface area contributed by atoms with Crippen LogP contribution >= 0.6 is 11.6 Å². The normalized spacial score (nSPS) is 12.4. The second-order valence-corrected chi connectivity index (χ2v) is 4.15. The lowest BCUT2D eigenvalue weighted by molar-refractivity contribution is -0.136. The fourth-order valence-electron chi connectivity index (χ4n) is 1.31. The quantitative estimate of drug-likeness (QED) is 0.466.